The van der Waals surface area contributed by atoms with Crippen LogP contribution in [-0.2, 0) is 13.1 Å². The van der Waals surface area contributed by atoms with Crippen molar-refractivity contribution in [3.05, 3.63) is 65.9 Å². The fourth-order valence-corrected chi connectivity index (χ4v) is 2.18. The van der Waals surface area contributed by atoms with Gasteiger partial charge in [0.15, 0.2) is 0 Å². The molecule has 106 valence electrons. The maximum absolute atomic E-state index is 9.73. The predicted molar refractivity (Wildman–Crippen MR) is 80.5 cm³/mol. The van der Waals surface area contributed by atoms with E-state index in [1.807, 2.05) is 48.5 Å². The monoisotopic (exact) mass is 280 g/mol. The summed E-state index contributed by atoms with van der Waals surface area (Å²) >= 11 is 0. The number of aromatic amines is 1. The number of rotatable bonds is 5. The van der Waals surface area contributed by atoms with Gasteiger partial charge in [0.25, 0.3) is 0 Å². The minimum absolute atomic E-state index is 0.299. The van der Waals surface area contributed by atoms with Gasteiger partial charge in [-0.3, -0.25) is 0 Å². The Labute approximate surface area is 122 Å². The van der Waals surface area contributed by atoms with Crippen LogP contribution in [0, 0.1) is 0 Å². The van der Waals surface area contributed by atoms with Crippen molar-refractivity contribution in [3.8, 4) is 17.0 Å². The standard InChI is InChI=1S/C16H16N4O/c21-15-9-5-4-8-13(15)10-17-11-14-16(19-20-18-14)12-6-2-1-3-7-12/h1-9,17,21H,10-11H2,(H,18,19,20). The predicted octanol–water partition coefficient (Wildman–Crippen LogP) is 2.47. The van der Waals surface area contributed by atoms with E-state index >= 15 is 0 Å². The van der Waals surface area contributed by atoms with Crippen molar-refractivity contribution in [2.45, 2.75) is 13.1 Å². The first-order valence-corrected chi connectivity index (χ1v) is 6.77. The molecule has 0 amide bonds. The topological polar surface area (TPSA) is 73.8 Å². The van der Waals surface area contributed by atoms with Crippen LogP contribution in [0.4, 0.5) is 0 Å². The summed E-state index contributed by atoms with van der Waals surface area (Å²) in [5.41, 5.74) is 3.60. The molecule has 0 fully saturated rings. The van der Waals surface area contributed by atoms with Gasteiger partial charge in [0.1, 0.15) is 17.1 Å². The van der Waals surface area contributed by atoms with E-state index in [4.69, 9.17) is 0 Å². The van der Waals surface area contributed by atoms with Gasteiger partial charge in [-0.05, 0) is 6.07 Å². The molecule has 1 heterocycles. The van der Waals surface area contributed by atoms with Gasteiger partial charge in [0, 0.05) is 24.2 Å². The molecule has 3 aromatic rings. The molecule has 0 bridgehead atoms. The second-order valence-electron chi connectivity index (χ2n) is 4.72. The van der Waals surface area contributed by atoms with Crippen LogP contribution in [0.2, 0.25) is 0 Å². The van der Waals surface area contributed by atoms with Crippen LogP contribution in [0.3, 0.4) is 0 Å². The van der Waals surface area contributed by atoms with E-state index in [9.17, 15) is 5.11 Å². The first-order chi connectivity index (χ1) is 10.3. The summed E-state index contributed by atoms with van der Waals surface area (Å²) < 4.78 is 0. The summed E-state index contributed by atoms with van der Waals surface area (Å²) in [5.74, 6) is 0.299. The third-order valence-corrected chi connectivity index (χ3v) is 3.27. The van der Waals surface area contributed by atoms with E-state index in [1.54, 1.807) is 6.07 Å². The summed E-state index contributed by atoms with van der Waals surface area (Å²) in [7, 11) is 0. The maximum atomic E-state index is 9.73. The molecule has 5 nitrogen and oxygen atoms in total. The van der Waals surface area contributed by atoms with Crippen molar-refractivity contribution in [1.82, 2.24) is 20.7 Å². The normalized spacial score (nSPS) is 10.7. The van der Waals surface area contributed by atoms with Crippen LogP contribution in [-0.4, -0.2) is 20.5 Å². The molecule has 3 N–H and O–H groups in total. The summed E-state index contributed by atoms with van der Waals surface area (Å²) in [6.07, 6.45) is 0. The lowest BCUT2D eigenvalue weighted by Gasteiger charge is -2.06. The quantitative estimate of drug-likeness (QED) is 0.671. The zero-order chi connectivity index (χ0) is 14.5. The number of hydrogen-bond donors (Lipinski definition) is 3. The number of benzene rings is 2. The van der Waals surface area contributed by atoms with E-state index in [0.29, 0.717) is 18.8 Å². The lowest BCUT2D eigenvalue weighted by Crippen LogP contribution is -2.13. The van der Waals surface area contributed by atoms with Crippen molar-refractivity contribution in [3.63, 3.8) is 0 Å². The molecule has 5 heteroatoms. The number of H-pyrrole nitrogens is 1. The molecule has 0 radical (unpaired) electrons. The molecular formula is C16H16N4O. The van der Waals surface area contributed by atoms with E-state index < -0.39 is 0 Å². The van der Waals surface area contributed by atoms with E-state index in [0.717, 1.165) is 22.5 Å². The highest BCUT2D eigenvalue weighted by atomic mass is 16.3. The smallest absolute Gasteiger partial charge is 0.120 e. The Morgan fingerprint density at radius 1 is 0.905 bits per heavy atom. The van der Waals surface area contributed by atoms with E-state index in [1.165, 1.54) is 0 Å². The molecule has 0 spiro atoms. The Morgan fingerprint density at radius 2 is 1.67 bits per heavy atom. The summed E-state index contributed by atoms with van der Waals surface area (Å²) in [6.45, 7) is 1.16. The molecule has 3 rings (SSSR count). The van der Waals surface area contributed by atoms with Gasteiger partial charge < -0.3 is 10.4 Å². The van der Waals surface area contributed by atoms with Gasteiger partial charge in [-0.1, -0.05) is 48.5 Å². The number of hydrogen-bond acceptors (Lipinski definition) is 4. The second-order valence-corrected chi connectivity index (χ2v) is 4.72. The Kier molecular flexibility index (Phi) is 3.93. The van der Waals surface area contributed by atoms with Gasteiger partial charge in [-0.2, -0.15) is 15.4 Å². The first kappa shape index (κ1) is 13.3. The average Bonchev–Trinajstić information content (AvgIpc) is 2.99. The molecule has 1 aromatic heterocycles. The van der Waals surface area contributed by atoms with Crippen LogP contribution in [0.1, 0.15) is 11.3 Å². The Balaban J connectivity index is 1.67. The molecule has 0 unspecified atom stereocenters. The largest absolute Gasteiger partial charge is 0.508 e. The van der Waals surface area contributed by atoms with Crippen LogP contribution < -0.4 is 5.32 Å². The molecule has 0 saturated heterocycles. The summed E-state index contributed by atoms with van der Waals surface area (Å²) in [4.78, 5) is 0. The number of aromatic hydroxyl groups is 1. The van der Waals surface area contributed by atoms with Crippen LogP contribution in [0.25, 0.3) is 11.3 Å². The highest BCUT2D eigenvalue weighted by Gasteiger charge is 2.09. The number of aromatic nitrogens is 3. The molecule has 0 atom stereocenters. The van der Waals surface area contributed by atoms with Crippen molar-refractivity contribution >= 4 is 0 Å². The molecule has 21 heavy (non-hydrogen) atoms. The Bertz CT molecular complexity index is 709. The third-order valence-electron chi connectivity index (χ3n) is 3.27. The highest BCUT2D eigenvalue weighted by Crippen LogP contribution is 2.19. The average molecular weight is 280 g/mol. The number of para-hydroxylation sites is 1. The molecule has 0 aliphatic heterocycles. The van der Waals surface area contributed by atoms with Crippen LogP contribution >= 0.6 is 0 Å². The minimum atomic E-state index is 0.299. The molecular weight excluding hydrogens is 264 g/mol. The maximum Gasteiger partial charge on any atom is 0.120 e. The fourth-order valence-electron chi connectivity index (χ4n) is 2.18. The zero-order valence-electron chi connectivity index (χ0n) is 11.5. The molecule has 0 aliphatic rings. The number of phenolic OH excluding ortho intramolecular Hbond substituents is 1. The van der Waals surface area contributed by atoms with Crippen LogP contribution in [0.5, 0.6) is 5.75 Å². The summed E-state index contributed by atoms with van der Waals surface area (Å²) in [5, 5.41) is 24.1. The van der Waals surface area contributed by atoms with Gasteiger partial charge >= 0.3 is 0 Å². The number of phenols is 1. The highest BCUT2D eigenvalue weighted by molar-refractivity contribution is 5.60. The SMILES string of the molecule is Oc1ccccc1CNCc1n[nH]nc1-c1ccccc1. The molecule has 2 aromatic carbocycles. The van der Waals surface area contributed by atoms with Crippen molar-refractivity contribution in [2.24, 2.45) is 0 Å². The lowest BCUT2D eigenvalue weighted by molar-refractivity contribution is 0.464. The summed E-state index contributed by atoms with van der Waals surface area (Å²) in [6, 6.07) is 17.2. The van der Waals surface area contributed by atoms with Gasteiger partial charge in [-0.25, -0.2) is 0 Å². The van der Waals surface area contributed by atoms with E-state index in [2.05, 4.69) is 20.7 Å². The van der Waals surface area contributed by atoms with Gasteiger partial charge in [0.05, 0.1) is 0 Å². The van der Waals surface area contributed by atoms with Gasteiger partial charge in [0.2, 0.25) is 0 Å². The molecule has 0 aliphatic carbocycles. The lowest BCUT2D eigenvalue weighted by atomic mass is 10.1. The second kappa shape index (κ2) is 6.19. The number of nitrogens with zero attached hydrogens (tertiary/aromatic N) is 2. The van der Waals surface area contributed by atoms with Crippen LogP contribution in [0.15, 0.2) is 54.6 Å². The fraction of sp³-hybridized carbons (Fsp3) is 0.125. The Morgan fingerprint density at radius 3 is 2.48 bits per heavy atom. The zero-order valence-corrected chi connectivity index (χ0v) is 11.5. The van der Waals surface area contributed by atoms with E-state index in [-0.39, 0.29) is 0 Å². The number of nitrogens with one attached hydrogen (secondary N) is 2. The van der Waals surface area contributed by atoms with Crippen molar-refractivity contribution < 1.29 is 5.11 Å². The third kappa shape index (κ3) is 3.09. The first-order valence-electron chi connectivity index (χ1n) is 6.77. The van der Waals surface area contributed by atoms with Crippen molar-refractivity contribution in [1.29, 1.82) is 0 Å². The van der Waals surface area contributed by atoms with Crippen molar-refractivity contribution in [2.75, 3.05) is 0 Å². The van der Waals surface area contributed by atoms with Gasteiger partial charge in [-0.15, -0.1) is 0 Å². The molecule has 0 saturated carbocycles. The minimum Gasteiger partial charge on any atom is -0.508 e. The Hall–Kier alpha value is -2.66.